The van der Waals surface area contributed by atoms with Gasteiger partial charge in [-0.3, -0.25) is 0 Å². The van der Waals surface area contributed by atoms with Gasteiger partial charge >= 0.3 is 6.03 Å². The molecule has 0 bridgehead atoms. The summed E-state index contributed by atoms with van der Waals surface area (Å²) in [5.41, 5.74) is 1.68. The summed E-state index contributed by atoms with van der Waals surface area (Å²) < 4.78 is 16.1. The molecule has 0 radical (unpaired) electrons. The van der Waals surface area contributed by atoms with E-state index in [4.69, 9.17) is 13.9 Å². The summed E-state index contributed by atoms with van der Waals surface area (Å²) in [7, 11) is 1.62. The number of methoxy groups -OCH3 is 1. The summed E-state index contributed by atoms with van der Waals surface area (Å²) in [6.07, 6.45) is 1.67. The van der Waals surface area contributed by atoms with Gasteiger partial charge in [0.05, 0.1) is 12.6 Å². The fourth-order valence-electron chi connectivity index (χ4n) is 2.55. The number of carbonyl (C=O) groups is 1. The van der Waals surface area contributed by atoms with Crippen LogP contribution in [-0.4, -0.2) is 31.3 Å². The predicted molar refractivity (Wildman–Crippen MR) is 102 cm³/mol. The van der Waals surface area contributed by atoms with Gasteiger partial charge in [0.1, 0.15) is 18.0 Å². The number of urea groups is 1. The summed E-state index contributed by atoms with van der Waals surface area (Å²) in [4.78, 5) is 16.3. The van der Waals surface area contributed by atoms with E-state index in [1.807, 2.05) is 43.3 Å². The second-order valence-corrected chi connectivity index (χ2v) is 6.08. The average Bonchev–Trinajstić information content (AvgIpc) is 3.12. The van der Waals surface area contributed by atoms with E-state index in [2.05, 4.69) is 15.6 Å². The number of ether oxygens (including phenoxy) is 2. The van der Waals surface area contributed by atoms with Gasteiger partial charge in [0.2, 0.25) is 5.88 Å². The number of pyridine rings is 1. The van der Waals surface area contributed by atoms with Gasteiger partial charge in [-0.1, -0.05) is 24.3 Å². The lowest BCUT2D eigenvalue weighted by Gasteiger charge is -2.12. The Morgan fingerprint density at radius 3 is 2.81 bits per heavy atom. The number of nitrogens with zero attached hydrogens (tertiary/aromatic N) is 1. The molecule has 7 nitrogen and oxygen atoms in total. The highest BCUT2D eigenvalue weighted by Gasteiger charge is 2.14. The standard InChI is InChI=1S/C20H23N3O4/c1-14(18-11-16-5-3-4-6-17(16)27-18)23-20(24)22-13-15-7-8-19(21-12-15)26-10-9-25-2/h3-8,11-12,14H,9-10,13H2,1-2H3,(H2,22,23,24). The van der Waals surface area contributed by atoms with Gasteiger partial charge in [-0.15, -0.1) is 0 Å². The Labute approximate surface area is 157 Å². The number of benzene rings is 1. The molecule has 2 amide bonds. The molecule has 0 aliphatic rings. The Morgan fingerprint density at radius 1 is 1.22 bits per heavy atom. The highest BCUT2D eigenvalue weighted by molar-refractivity contribution is 5.78. The minimum Gasteiger partial charge on any atom is -0.475 e. The van der Waals surface area contributed by atoms with Crippen molar-refractivity contribution < 1.29 is 18.7 Å². The molecule has 0 saturated carbocycles. The second-order valence-electron chi connectivity index (χ2n) is 6.08. The molecular formula is C20H23N3O4. The molecule has 0 saturated heterocycles. The Bertz CT molecular complexity index is 843. The highest BCUT2D eigenvalue weighted by Crippen LogP contribution is 2.23. The molecule has 0 spiro atoms. The maximum absolute atomic E-state index is 12.1. The Balaban J connectivity index is 1.47. The first-order valence-corrected chi connectivity index (χ1v) is 8.75. The lowest BCUT2D eigenvalue weighted by molar-refractivity contribution is 0.143. The van der Waals surface area contributed by atoms with Gasteiger partial charge in [0, 0.05) is 31.3 Å². The first-order valence-electron chi connectivity index (χ1n) is 8.75. The summed E-state index contributed by atoms with van der Waals surface area (Å²) in [5.74, 6) is 1.24. The number of para-hydroxylation sites is 1. The van der Waals surface area contributed by atoms with Crippen LogP contribution in [0.5, 0.6) is 5.88 Å². The Kier molecular flexibility index (Phi) is 6.27. The SMILES string of the molecule is COCCOc1ccc(CNC(=O)NC(C)c2cc3ccccc3o2)cn1. The number of carbonyl (C=O) groups excluding carboxylic acids is 1. The fourth-order valence-corrected chi connectivity index (χ4v) is 2.55. The fraction of sp³-hybridized carbons (Fsp3) is 0.300. The number of aromatic nitrogens is 1. The molecule has 1 aromatic carbocycles. The molecule has 0 aliphatic carbocycles. The van der Waals surface area contributed by atoms with Crippen LogP contribution in [-0.2, 0) is 11.3 Å². The van der Waals surface area contributed by atoms with Crippen LogP contribution in [0.1, 0.15) is 24.3 Å². The monoisotopic (exact) mass is 369 g/mol. The van der Waals surface area contributed by atoms with Crippen molar-refractivity contribution in [1.29, 1.82) is 0 Å². The van der Waals surface area contributed by atoms with Crippen molar-refractivity contribution >= 4 is 17.0 Å². The van der Waals surface area contributed by atoms with Crippen molar-refractivity contribution in [3.8, 4) is 5.88 Å². The first-order chi connectivity index (χ1) is 13.2. The molecule has 3 aromatic rings. The molecule has 1 atom stereocenters. The molecule has 0 aliphatic heterocycles. The van der Waals surface area contributed by atoms with Crippen molar-refractivity contribution in [2.45, 2.75) is 19.5 Å². The Hall–Kier alpha value is -3.06. The van der Waals surface area contributed by atoms with Crippen LogP contribution >= 0.6 is 0 Å². The molecule has 2 N–H and O–H groups in total. The van der Waals surface area contributed by atoms with Gasteiger partial charge in [0.25, 0.3) is 0 Å². The third kappa shape index (κ3) is 5.21. The van der Waals surface area contributed by atoms with Crippen molar-refractivity contribution in [2.75, 3.05) is 20.3 Å². The number of amides is 2. The summed E-state index contributed by atoms with van der Waals surface area (Å²) in [6.45, 7) is 3.20. The number of hydrogen-bond donors (Lipinski definition) is 2. The van der Waals surface area contributed by atoms with Crippen LogP contribution < -0.4 is 15.4 Å². The van der Waals surface area contributed by atoms with Gasteiger partial charge in [0.15, 0.2) is 0 Å². The Morgan fingerprint density at radius 2 is 2.07 bits per heavy atom. The van der Waals surface area contributed by atoms with Crippen LogP contribution in [0.3, 0.4) is 0 Å². The predicted octanol–water partition coefficient (Wildman–Crippen LogP) is 3.41. The van der Waals surface area contributed by atoms with E-state index in [1.165, 1.54) is 0 Å². The van der Waals surface area contributed by atoms with E-state index >= 15 is 0 Å². The van der Waals surface area contributed by atoms with Crippen LogP contribution in [0.15, 0.2) is 53.1 Å². The van der Waals surface area contributed by atoms with Crippen LogP contribution in [0.25, 0.3) is 11.0 Å². The molecule has 2 aromatic heterocycles. The molecule has 2 heterocycles. The number of rotatable bonds is 8. The second kappa shape index (κ2) is 9.05. The van der Waals surface area contributed by atoms with Gasteiger partial charge < -0.3 is 24.5 Å². The summed E-state index contributed by atoms with van der Waals surface area (Å²) in [5, 5.41) is 6.70. The van der Waals surface area contributed by atoms with E-state index < -0.39 is 0 Å². The van der Waals surface area contributed by atoms with Crippen molar-refractivity contribution in [3.05, 3.63) is 60.0 Å². The highest BCUT2D eigenvalue weighted by atomic mass is 16.5. The lowest BCUT2D eigenvalue weighted by Crippen LogP contribution is -2.36. The molecule has 142 valence electrons. The number of hydrogen-bond acceptors (Lipinski definition) is 5. The van der Waals surface area contributed by atoms with Gasteiger partial charge in [-0.05, 0) is 24.6 Å². The summed E-state index contributed by atoms with van der Waals surface area (Å²) >= 11 is 0. The third-order valence-electron chi connectivity index (χ3n) is 4.01. The van der Waals surface area contributed by atoms with E-state index in [0.29, 0.717) is 31.4 Å². The lowest BCUT2D eigenvalue weighted by atomic mass is 10.2. The van der Waals surface area contributed by atoms with Crippen molar-refractivity contribution in [3.63, 3.8) is 0 Å². The minimum absolute atomic E-state index is 0.243. The van der Waals surface area contributed by atoms with E-state index in [1.54, 1.807) is 19.4 Å². The van der Waals surface area contributed by atoms with Crippen LogP contribution in [0, 0.1) is 0 Å². The molecule has 0 fully saturated rings. The van der Waals surface area contributed by atoms with Crippen LogP contribution in [0.4, 0.5) is 4.79 Å². The zero-order valence-corrected chi connectivity index (χ0v) is 15.4. The normalized spacial score (nSPS) is 11.9. The molecular weight excluding hydrogens is 346 g/mol. The maximum Gasteiger partial charge on any atom is 0.315 e. The average molecular weight is 369 g/mol. The number of nitrogens with one attached hydrogen (secondary N) is 2. The zero-order valence-electron chi connectivity index (χ0n) is 15.4. The molecule has 1 unspecified atom stereocenters. The van der Waals surface area contributed by atoms with Gasteiger partial charge in [-0.25, -0.2) is 9.78 Å². The van der Waals surface area contributed by atoms with Crippen molar-refractivity contribution in [2.24, 2.45) is 0 Å². The zero-order chi connectivity index (χ0) is 19.1. The summed E-state index contributed by atoms with van der Waals surface area (Å²) in [6, 6.07) is 12.8. The quantitative estimate of drug-likeness (QED) is 0.594. The van der Waals surface area contributed by atoms with E-state index in [-0.39, 0.29) is 12.1 Å². The van der Waals surface area contributed by atoms with E-state index in [0.717, 1.165) is 16.5 Å². The number of furan rings is 1. The largest absolute Gasteiger partial charge is 0.475 e. The first kappa shape index (κ1) is 18.7. The molecule has 7 heteroatoms. The maximum atomic E-state index is 12.1. The molecule has 27 heavy (non-hydrogen) atoms. The molecule has 3 rings (SSSR count). The van der Waals surface area contributed by atoms with Crippen molar-refractivity contribution in [1.82, 2.24) is 15.6 Å². The van der Waals surface area contributed by atoms with Gasteiger partial charge in [-0.2, -0.15) is 0 Å². The number of fused-ring (bicyclic) bond motifs is 1. The minimum atomic E-state index is -0.275. The van der Waals surface area contributed by atoms with Crippen LogP contribution in [0.2, 0.25) is 0 Å². The smallest absolute Gasteiger partial charge is 0.315 e. The van der Waals surface area contributed by atoms with E-state index in [9.17, 15) is 4.79 Å². The third-order valence-corrected chi connectivity index (χ3v) is 4.01. The topological polar surface area (TPSA) is 85.6 Å².